The van der Waals surface area contributed by atoms with E-state index in [9.17, 15) is 14.7 Å². The van der Waals surface area contributed by atoms with E-state index in [4.69, 9.17) is 9.47 Å². The number of carbonyl (C=O) groups excluding carboxylic acids is 2. The Bertz CT molecular complexity index is 573. The zero-order valence-electron chi connectivity index (χ0n) is 16.9. The minimum atomic E-state index is -0.836. The number of hydrogen-bond donors (Lipinski definition) is 1. The van der Waals surface area contributed by atoms with E-state index in [2.05, 4.69) is 13.2 Å². The Morgan fingerprint density at radius 2 is 1.81 bits per heavy atom. The molecule has 1 N–H and O–H groups in total. The quantitative estimate of drug-likeness (QED) is 0.166. The fraction of sp³-hybridized carbons (Fsp3) is 0.500. The van der Waals surface area contributed by atoms with Gasteiger partial charge in [0.15, 0.2) is 0 Å². The van der Waals surface area contributed by atoms with Crippen LogP contribution >= 0.6 is 0 Å². The lowest BCUT2D eigenvalue weighted by molar-refractivity contribution is -0.920. The number of aliphatic hydroxyl groups is 1. The third kappa shape index (κ3) is 10.8. The number of quaternary nitrogens is 1. The van der Waals surface area contributed by atoms with Crippen molar-refractivity contribution < 1.29 is 41.1 Å². The van der Waals surface area contributed by atoms with Crippen LogP contribution in [0, 0.1) is 0 Å². The molecule has 0 radical (unpaired) electrons. The SMILES string of the molecule is C=CC=CC(=CCC(=C)C(=O)OC(C(C)O)[N+](C)(C)C)C(=O)OCCC.[Cl-]. The van der Waals surface area contributed by atoms with Crippen LogP contribution in [0.25, 0.3) is 0 Å². The van der Waals surface area contributed by atoms with E-state index in [-0.39, 0.29) is 28.9 Å². The van der Waals surface area contributed by atoms with E-state index >= 15 is 0 Å². The normalized spacial score (nSPS) is 14.1. The molecule has 27 heavy (non-hydrogen) atoms. The van der Waals surface area contributed by atoms with Crippen molar-refractivity contribution in [1.29, 1.82) is 0 Å². The zero-order valence-corrected chi connectivity index (χ0v) is 17.7. The van der Waals surface area contributed by atoms with Crippen LogP contribution in [0.15, 0.2) is 48.6 Å². The van der Waals surface area contributed by atoms with E-state index in [0.29, 0.717) is 12.2 Å². The molecule has 0 heterocycles. The van der Waals surface area contributed by atoms with Gasteiger partial charge in [0.1, 0.15) is 6.10 Å². The van der Waals surface area contributed by atoms with Crippen LogP contribution in [-0.2, 0) is 19.1 Å². The summed E-state index contributed by atoms with van der Waals surface area (Å²) in [6.07, 6.45) is 5.56. The number of aliphatic hydroxyl groups excluding tert-OH is 1. The minimum absolute atomic E-state index is 0. The van der Waals surface area contributed by atoms with Gasteiger partial charge in [0.2, 0.25) is 0 Å². The van der Waals surface area contributed by atoms with Gasteiger partial charge in [0.25, 0.3) is 6.23 Å². The maximum absolute atomic E-state index is 12.3. The van der Waals surface area contributed by atoms with Crippen molar-refractivity contribution in [2.75, 3.05) is 27.7 Å². The molecule has 154 valence electrons. The lowest BCUT2D eigenvalue weighted by Crippen LogP contribution is -3.00. The Morgan fingerprint density at radius 3 is 2.26 bits per heavy atom. The van der Waals surface area contributed by atoms with Crippen LogP contribution in [-0.4, -0.2) is 61.6 Å². The summed E-state index contributed by atoms with van der Waals surface area (Å²) in [4.78, 5) is 24.3. The number of carbonyl (C=O) groups is 2. The number of likely N-dealkylation sites (N-methyl/N-ethyl adjacent to an activating group) is 1. The second-order valence-corrected chi connectivity index (χ2v) is 6.85. The van der Waals surface area contributed by atoms with Gasteiger partial charge in [-0.25, -0.2) is 9.59 Å². The third-order valence-electron chi connectivity index (χ3n) is 3.35. The molecule has 0 rings (SSSR count). The standard InChI is InChI=1S/C20H32NO5.ClH/c1-8-10-11-17(20(24)25-14-9-2)13-12-15(3)19(23)26-18(16(4)22)21(5,6)7;/h8,10-11,13,16,18,22H,1,3,9,12,14H2,2,4-7H3;1H/q+1;/p-1. The second kappa shape index (κ2) is 13.3. The van der Waals surface area contributed by atoms with E-state index in [0.717, 1.165) is 6.42 Å². The van der Waals surface area contributed by atoms with Crippen molar-refractivity contribution in [3.05, 3.63) is 48.6 Å². The Labute approximate surface area is 168 Å². The first kappa shape index (κ1) is 27.3. The number of nitrogens with zero attached hydrogens (tertiary/aromatic N) is 1. The van der Waals surface area contributed by atoms with Gasteiger partial charge in [-0.05, 0) is 25.8 Å². The maximum Gasteiger partial charge on any atom is 0.338 e. The molecule has 0 fully saturated rings. The number of hydrogen-bond acceptors (Lipinski definition) is 5. The van der Waals surface area contributed by atoms with Gasteiger partial charge in [-0.15, -0.1) is 0 Å². The van der Waals surface area contributed by atoms with Gasteiger partial charge in [-0.1, -0.05) is 38.3 Å². The number of allylic oxidation sites excluding steroid dienone is 3. The van der Waals surface area contributed by atoms with Crippen molar-refractivity contribution in [2.45, 2.75) is 39.0 Å². The molecule has 0 saturated carbocycles. The molecule has 0 saturated heterocycles. The summed E-state index contributed by atoms with van der Waals surface area (Å²) in [5.41, 5.74) is 0.489. The number of ether oxygens (including phenoxy) is 2. The molecule has 2 unspecified atom stereocenters. The molecule has 0 aliphatic rings. The predicted octanol–water partition coefficient (Wildman–Crippen LogP) is -0.485. The molecular weight excluding hydrogens is 370 g/mol. The molecule has 0 aromatic carbocycles. The summed E-state index contributed by atoms with van der Waals surface area (Å²) in [5.74, 6) is -1.09. The van der Waals surface area contributed by atoms with Crippen molar-refractivity contribution in [1.82, 2.24) is 0 Å². The van der Waals surface area contributed by atoms with Gasteiger partial charge in [-0.2, -0.15) is 0 Å². The minimum Gasteiger partial charge on any atom is -1.00 e. The average molecular weight is 402 g/mol. The number of halogens is 1. The predicted molar refractivity (Wildman–Crippen MR) is 102 cm³/mol. The van der Waals surface area contributed by atoms with Gasteiger partial charge in [0.05, 0.1) is 33.3 Å². The van der Waals surface area contributed by atoms with Gasteiger partial charge >= 0.3 is 11.9 Å². The molecule has 0 aliphatic heterocycles. The van der Waals surface area contributed by atoms with Crippen LogP contribution in [0.1, 0.15) is 26.7 Å². The molecule has 7 heteroatoms. The third-order valence-corrected chi connectivity index (χ3v) is 3.35. The van der Waals surface area contributed by atoms with Crippen molar-refractivity contribution in [3.8, 4) is 0 Å². The van der Waals surface area contributed by atoms with E-state index in [1.165, 1.54) is 0 Å². The van der Waals surface area contributed by atoms with Crippen molar-refractivity contribution in [2.24, 2.45) is 0 Å². The fourth-order valence-electron chi connectivity index (χ4n) is 2.08. The summed E-state index contributed by atoms with van der Waals surface area (Å²) in [5, 5.41) is 9.83. The molecule has 0 spiro atoms. The van der Waals surface area contributed by atoms with Crippen LogP contribution in [0.3, 0.4) is 0 Å². The highest BCUT2D eigenvalue weighted by Crippen LogP contribution is 2.15. The summed E-state index contributed by atoms with van der Waals surface area (Å²) < 4.78 is 10.7. The molecule has 0 bridgehead atoms. The molecule has 0 aromatic rings. The van der Waals surface area contributed by atoms with Crippen LogP contribution in [0.5, 0.6) is 0 Å². The fourth-order valence-corrected chi connectivity index (χ4v) is 2.08. The first-order chi connectivity index (χ1) is 12.0. The van der Waals surface area contributed by atoms with Crippen molar-refractivity contribution in [3.63, 3.8) is 0 Å². The zero-order chi connectivity index (χ0) is 20.3. The van der Waals surface area contributed by atoms with Crippen LogP contribution in [0.2, 0.25) is 0 Å². The Hall–Kier alpha value is -1.89. The van der Waals surface area contributed by atoms with E-state index in [1.807, 2.05) is 28.1 Å². The Morgan fingerprint density at radius 1 is 1.22 bits per heavy atom. The largest absolute Gasteiger partial charge is 1.00 e. The molecule has 2 atom stereocenters. The van der Waals surface area contributed by atoms with Crippen LogP contribution < -0.4 is 12.4 Å². The molecular formula is C20H32ClNO5. The highest BCUT2D eigenvalue weighted by Gasteiger charge is 2.33. The summed E-state index contributed by atoms with van der Waals surface area (Å²) in [6, 6.07) is 0. The Balaban J connectivity index is 0. The topological polar surface area (TPSA) is 72.8 Å². The maximum atomic E-state index is 12.3. The van der Waals surface area contributed by atoms with Crippen molar-refractivity contribution >= 4 is 11.9 Å². The lowest BCUT2D eigenvalue weighted by atomic mass is 10.1. The smallest absolute Gasteiger partial charge is 0.338 e. The number of rotatable bonds is 11. The second-order valence-electron chi connectivity index (χ2n) is 6.85. The Kier molecular flexibility index (Phi) is 13.5. The van der Waals surface area contributed by atoms with Gasteiger partial charge in [-0.3, -0.25) is 4.48 Å². The first-order valence-corrected chi connectivity index (χ1v) is 8.58. The molecule has 0 aromatic heterocycles. The first-order valence-electron chi connectivity index (χ1n) is 8.58. The highest BCUT2D eigenvalue weighted by atomic mass is 35.5. The monoisotopic (exact) mass is 401 g/mol. The summed E-state index contributed by atoms with van der Waals surface area (Å²) in [7, 11) is 5.44. The lowest BCUT2D eigenvalue weighted by Gasteiger charge is -2.34. The van der Waals surface area contributed by atoms with E-state index < -0.39 is 24.3 Å². The highest BCUT2D eigenvalue weighted by molar-refractivity contribution is 5.92. The van der Waals surface area contributed by atoms with Crippen LogP contribution in [0.4, 0.5) is 0 Å². The van der Waals surface area contributed by atoms with E-state index in [1.54, 1.807) is 31.2 Å². The number of esters is 2. The van der Waals surface area contributed by atoms with Gasteiger partial charge in [0, 0.05) is 5.57 Å². The van der Waals surface area contributed by atoms with Gasteiger partial charge < -0.3 is 27.0 Å². The average Bonchev–Trinajstić information content (AvgIpc) is 2.55. The summed E-state index contributed by atoms with van der Waals surface area (Å²) >= 11 is 0. The molecule has 6 nitrogen and oxygen atoms in total. The molecule has 0 aliphatic carbocycles. The summed E-state index contributed by atoms with van der Waals surface area (Å²) in [6.45, 7) is 11.1. The molecule has 0 amide bonds.